The van der Waals surface area contributed by atoms with Gasteiger partial charge in [-0.3, -0.25) is 0 Å². The smallest absolute Gasteiger partial charge is 0.198 e. The average Bonchev–Trinajstić information content (AvgIpc) is 2.78. The standard InChI is InChI=1S/C11H11N5/c1-9(7-12)8-16-14-11(13-15-16)10-5-3-2-4-6-10/h2-6,9H,8H2,1H3. The van der Waals surface area contributed by atoms with E-state index in [1.54, 1.807) is 0 Å². The summed E-state index contributed by atoms with van der Waals surface area (Å²) in [5, 5.41) is 20.7. The summed E-state index contributed by atoms with van der Waals surface area (Å²) < 4.78 is 0. The molecule has 0 radical (unpaired) electrons. The molecule has 2 rings (SSSR count). The number of hydrogen-bond donors (Lipinski definition) is 0. The van der Waals surface area contributed by atoms with E-state index in [9.17, 15) is 0 Å². The van der Waals surface area contributed by atoms with Gasteiger partial charge in [0.05, 0.1) is 18.5 Å². The average molecular weight is 213 g/mol. The summed E-state index contributed by atoms with van der Waals surface area (Å²) in [6.45, 7) is 2.29. The van der Waals surface area contributed by atoms with Crippen molar-refractivity contribution in [3.63, 3.8) is 0 Å². The second-order valence-corrected chi connectivity index (χ2v) is 3.56. The highest BCUT2D eigenvalue weighted by atomic mass is 15.6. The van der Waals surface area contributed by atoms with Crippen LogP contribution in [0.5, 0.6) is 0 Å². The highest BCUT2D eigenvalue weighted by Crippen LogP contribution is 2.11. The lowest BCUT2D eigenvalue weighted by Crippen LogP contribution is -2.09. The molecule has 0 aliphatic heterocycles. The van der Waals surface area contributed by atoms with E-state index in [1.807, 2.05) is 37.3 Å². The molecule has 1 heterocycles. The van der Waals surface area contributed by atoms with Crippen molar-refractivity contribution in [2.45, 2.75) is 13.5 Å². The largest absolute Gasteiger partial charge is 0.204 e. The number of rotatable bonds is 3. The predicted molar refractivity (Wildman–Crippen MR) is 58.0 cm³/mol. The normalized spacial score (nSPS) is 12.0. The molecule has 0 spiro atoms. The van der Waals surface area contributed by atoms with Crippen molar-refractivity contribution >= 4 is 0 Å². The molecule has 0 aliphatic rings. The molecule has 0 N–H and O–H groups in total. The van der Waals surface area contributed by atoms with Gasteiger partial charge in [0.1, 0.15) is 0 Å². The molecule has 0 aliphatic carbocycles. The Bertz CT molecular complexity index is 497. The Morgan fingerprint density at radius 2 is 2.12 bits per heavy atom. The van der Waals surface area contributed by atoms with Gasteiger partial charge in [-0.15, -0.1) is 10.2 Å². The van der Waals surface area contributed by atoms with Gasteiger partial charge < -0.3 is 0 Å². The number of nitriles is 1. The van der Waals surface area contributed by atoms with Crippen LogP contribution >= 0.6 is 0 Å². The molecule has 5 heteroatoms. The van der Waals surface area contributed by atoms with E-state index >= 15 is 0 Å². The quantitative estimate of drug-likeness (QED) is 0.774. The first kappa shape index (κ1) is 10.3. The maximum absolute atomic E-state index is 8.68. The molecule has 1 unspecified atom stereocenters. The fourth-order valence-corrected chi connectivity index (χ4v) is 1.31. The van der Waals surface area contributed by atoms with E-state index in [-0.39, 0.29) is 5.92 Å². The third-order valence-electron chi connectivity index (χ3n) is 2.14. The minimum absolute atomic E-state index is 0.113. The summed E-state index contributed by atoms with van der Waals surface area (Å²) in [5.74, 6) is 0.476. The fraction of sp³-hybridized carbons (Fsp3) is 0.273. The molecule has 0 bridgehead atoms. The molecule has 1 aromatic carbocycles. The Labute approximate surface area is 93.3 Å². The molecule has 1 atom stereocenters. The van der Waals surface area contributed by atoms with Crippen molar-refractivity contribution in [2.24, 2.45) is 5.92 Å². The van der Waals surface area contributed by atoms with Gasteiger partial charge in [-0.25, -0.2) is 0 Å². The summed E-state index contributed by atoms with van der Waals surface area (Å²) in [6.07, 6.45) is 0. The molecule has 80 valence electrons. The number of aromatic nitrogens is 4. The van der Waals surface area contributed by atoms with E-state index < -0.39 is 0 Å². The Morgan fingerprint density at radius 3 is 2.81 bits per heavy atom. The van der Waals surface area contributed by atoms with Gasteiger partial charge in [0.15, 0.2) is 0 Å². The molecule has 0 fully saturated rings. The molecule has 16 heavy (non-hydrogen) atoms. The molecule has 0 saturated carbocycles. The number of benzene rings is 1. The molecule has 1 aromatic heterocycles. The Morgan fingerprint density at radius 1 is 1.38 bits per heavy atom. The van der Waals surface area contributed by atoms with Gasteiger partial charge in [-0.2, -0.15) is 10.1 Å². The van der Waals surface area contributed by atoms with E-state index in [4.69, 9.17) is 5.26 Å². The minimum Gasteiger partial charge on any atom is -0.198 e. The SMILES string of the molecule is CC(C#N)Cn1nnc(-c2ccccc2)n1. The second kappa shape index (κ2) is 4.53. The van der Waals surface area contributed by atoms with Crippen molar-refractivity contribution in [1.82, 2.24) is 20.2 Å². The first-order valence-electron chi connectivity index (χ1n) is 5.02. The van der Waals surface area contributed by atoms with Gasteiger partial charge in [-0.05, 0) is 12.1 Å². The highest BCUT2D eigenvalue weighted by Gasteiger charge is 2.07. The van der Waals surface area contributed by atoms with Crippen molar-refractivity contribution in [3.05, 3.63) is 30.3 Å². The van der Waals surface area contributed by atoms with Crippen LogP contribution in [-0.2, 0) is 6.54 Å². The maximum Gasteiger partial charge on any atom is 0.204 e. The van der Waals surface area contributed by atoms with Crippen LogP contribution in [0.15, 0.2) is 30.3 Å². The molecule has 0 saturated heterocycles. The third-order valence-corrected chi connectivity index (χ3v) is 2.14. The zero-order valence-corrected chi connectivity index (χ0v) is 8.91. The lowest BCUT2D eigenvalue weighted by Gasteiger charge is -1.98. The topological polar surface area (TPSA) is 67.4 Å². The van der Waals surface area contributed by atoms with Gasteiger partial charge in [0.25, 0.3) is 0 Å². The number of tetrazole rings is 1. The van der Waals surface area contributed by atoms with E-state index in [2.05, 4.69) is 21.5 Å². The Kier molecular flexibility index (Phi) is 2.92. The Balaban J connectivity index is 2.18. The zero-order chi connectivity index (χ0) is 11.4. The van der Waals surface area contributed by atoms with Crippen LogP contribution in [0.3, 0.4) is 0 Å². The van der Waals surface area contributed by atoms with Crippen molar-refractivity contribution < 1.29 is 0 Å². The first-order valence-corrected chi connectivity index (χ1v) is 5.02. The summed E-state index contributed by atoms with van der Waals surface area (Å²) >= 11 is 0. The predicted octanol–water partition coefficient (Wildman–Crippen LogP) is 1.50. The summed E-state index contributed by atoms with van der Waals surface area (Å²) in [7, 11) is 0. The van der Waals surface area contributed by atoms with E-state index in [1.165, 1.54) is 4.80 Å². The van der Waals surface area contributed by atoms with Gasteiger partial charge in [0, 0.05) is 5.56 Å². The van der Waals surface area contributed by atoms with Crippen LogP contribution in [0.1, 0.15) is 6.92 Å². The maximum atomic E-state index is 8.68. The van der Waals surface area contributed by atoms with Gasteiger partial charge in [-0.1, -0.05) is 30.3 Å². The van der Waals surface area contributed by atoms with Crippen molar-refractivity contribution in [3.8, 4) is 17.5 Å². The molecule has 5 nitrogen and oxygen atoms in total. The number of hydrogen-bond acceptors (Lipinski definition) is 4. The zero-order valence-electron chi connectivity index (χ0n) is 8.91. The summed E-state index contributed by atoms with van der Waals surface area (Å²) in [4.78, 5) is 1.45. The summed E-state index contributed by atoms with van der Waals surface area (Å²) in [5.41, 5.74) is 0.929. The molecule has 0 amide bonds. The minimum atomic E-state index is -0.113. The first-order chi connectivity index (χ1) is 7.79. The van der Waals surface area contributed by atoms with Crippen LogP contribution in [0.25, 0.3) is 11.4 Å². The molecular formula is C11H11N5. The lowest BCUT2D eigenvalue weighted by atomic mass is 10.2. The van der Waals surface area contributed by atoms with Gasteiger partial charge >= 0.3 is 0 Å². The van der Waals surface area contributed by atoms with Crippen molar-refractivity contribution in [2.75, 3.05) is 0 Å². The van der Waals surface area contributed by atoms with E-state index in [0.717, 1.165) is 5.56 Å². The lowest BCUT2D eigenvalue weighted by molar-refractivity contribution is 0.463. The number of nitrogens with zero attached hydrogens (tertiary/aromatic N) is 5. The van der Waals surface area contributed by atoms with Crippen LogP contribution in [0, 0.1) is 17.2 Å². The Hall–Kier alpha value is -2.22. The van der Waals surface area contributed by atoms with Crippen LogP contribution in [0.4, 0.5) is 0 Å². The van der Waals surface area contributed by atoms with Gasteiger partial charge in [0.2, 0.25) is 5.82 Å². The highest BCUT2D eigenvalue weighted by molar-refractivity contribution is 5.52. The third kappa shape index (κ3) is 2.23. The van der Waals surface area contributed by atoms with E-state index in [0.29, 0.717) is 12.4 Å². The van der Waals surface area contributed by atoms with Crippen LogP contribution in [-0.4, -0.2) is 20.2 Å². The molecular weight excluding hydrogens is 202 g/mol. The second-order valence-electron chi connectivity index (χ2n) is 3.56. The van der Waals surface area contributed by atoms with Crippen LogP contribution < -0.4 is 0 Å². The van der Waals surface area contributed by atoms with Crippen molar-refractivity contribution in [1.29, 1.82) is 5.26 Å². The molecule has 2 aromatic rings. The fourth-order valence-electron chi connectivity index (χ4n) is 1.31. The monoisotopic (exact) mass is 213 g/mol. The summed E-state index contributed by atoms with van der Waals surface area (Å²) in [6, 6.07) is 11.8. The van der Waals surface area contributed by atoms with Crippen LogP contribution in [0.2, 0.25) is 0 Å².